The Morgan fingerprint density at radius 3 is 2.79 bits per heavy atom. The van der Waals surface area contributed by atoms with Crippen LogP contribution in [0.1, 0.15) is 63.6 Å². The van der Waals surface area contributed by atoms with Crippen molar-refractivity contribution in [1.29, 1.82) is 5.26 Å². The zero-order valence-electron chi connectivity index (χ0n) is 22.6. The molecule has 1 aromatic carbocycles. The number of hydrogen-bond acceptors (Lipinski definition) is 6. The summed E-state index contributed by atoms with van der Waals surface area (Å²) >= 11 is 0. The number of carbonyl (C=O) groups is 3. The SMILES string of the molecule is CCOC(=O)CCCN[C@H]1CCN(CC(=O)N2CCC[C@H]2CCc2cc3ccc(C#N)cc3n2CC)C1=O. The van der Waals surface area contributed by atoms with Gasteiger partial charge in [0.1, 0.15) is 0 Å². The summed E-state index contributed by atoms with van der Waals surface area (Å²) in [6.07, 6.45) is 5.33. The summed E-state index contributed by atoms with van der Waals surface area (Å²) < 4.78 is 7.20. The summed E-state index contributed by atoms with van der Waals surface area (Å²) in [5, 5.41) is 13.6. The molecule has 2 saturated heterocycles. The van der Waals surface area contributed by atoms with Crippen LogP contribution >= 0.6 is 0 Å². The van der Waals surface area contributed by atoms with Gasteiger partial charge in [-0.25, -0.2) is 0 Å². The first-order chi connectivity index (χ1) is 18.4. The van der Waals surface area contributed by atoms with E-state index in [2.05, 4.69) is 28.9 Å². The fourth-order valence-corrected chi connectivity index (χ4v) is 5.82. The predicted molar refractivity (Wildman–Crippen MR) is 144 cm³/mol. The van der Waals surface area contributed by atoms with Crippen molar-refractivity contribution in [2.45, 2.75) is 77.4 Å². The van der Waals surface area contributed by atoms with E-state index in [-0.39, 0.29) is 36.4 Å². The number of nitrogens with one attached hydrogen (secondary N) is 1. The monoisotopic (exact) mass is 521 g/mol. The van der Waals surface area contributed by atoms with E-state index in [0.29, 0.717) is 44.5 Å². The molecule has 0 unspecified atom stereocenters. The second-order valence-electron chi connectivity index (χ2n) is 10.2. The van der Waals surface area contributed by atoms with E-state index >= 15 is 0 Å². The Labute approximate surface area is 224 Å². The molecule has 204 valence electrons. The Bertz CT molecular complexity index is 1200. The molecule has 0 saturated carbocycles. The van der Waals surface area contributed by atoms with Crippen molar-refractivity contribution in [3.05, 3.63) is 35.5 Å². The standard InChI is InChI=1S/C29H39N5O4/c1-3-33-24(18-22-10-9-21(19-30)17-26(22)33)12-11-23-7-6-15-34(23)27(35)20-32-16-13-25(29(32)37)31-14-5-8-28(36)38-4-2/h9-10,17-18,23,25,31H,3-8,11-16,20H2,1-2H3/t23-,25-/m0/s1. The van der Waals surface area contributed by atoms with Crippen LogP contribution in [0.4, 0.5) is 0 Å². The Kier molecular flexibility index (Phi) is 9.40. The molecule has 2 aliphatic heterocycles. The fourth-order valence-electron chi connectivity index (χ4n) is 5.82. The van der Waals surface area contributed by atoms with E-state index in [1.165, 1.54) is 5.69 Å². The number of aryl methyl sites for hydroxylation is 2. The number of esters is 1. The Balaban J connectivity index is 1.28. The lowest BCUT2D eigenvalue weighted by molar-refractivity contribution is -0.143. The molecule has 1 N–H and O–H groups in total. The van der Waals surface area contributed by atoms with Crippen LogP contribution in [0, 0.1) is 11.3 Å². The van der Waals surface area contributed by atoms with E-state index in [9.17, 15) is 19.6 Å². The fraction of sp³-hybridized carbons (Fsp3) is 0.586. The highest BCUT2D eigenvalue weighted by Gasteiger charge is 2.35. The Morgan fingerprint density at radius 2 is 2.03 bits per heavy atom. The number of amides is 2. The van der Waals surface area contributed by atoms with Crippen molar-refractivity contribution < 1.29 is 19.1 Å². The van der Waals surface area contributed by atoms with Crippen LogP contribution < -0.4 is 5.32 Å². The molecule has 1 aromatic heterocycles. The number of nitriles is 1. The second kappa shape index (κ2) is 12.9. The van der Waals surface area contributed by atoms with Crippen LogP contribution in [0.5, 0.6) is 0 Å². The first-order valence-corrected chi connectivity index (χ1v) is 13.9. The van der Waals surface area contributed by atoms with Gasteiger partial charge in [-0.15, -0.1) is 0 Å². The summed E-state index contributed by atoms with van der Waals surface area (Å²) in [7, 11) is 0. The third kappa shape index (κ3) is 6.36. The molecule has 3 heterocycles. The topological polar surface area (TPSA) is 108 Å². The number of nitrogens with zero attached hydrogens (tertiary/aromatic N) is 4. The van der Waals surface area contributed by atoms with Crippen LogP contribution in [0.2, 0.25) is 0 Å². The van der Waals surface area contributed by atoms with Gasteiger partial charge in [0.05, 0.1) is 30.8 Å². The third-order valence-corrected chi connectivity index (χ3v) is 7.74. The molecule has 0 radical (unpaired) electrons. The molecule has 0 bridgehead atoms. The third-order valence-electron chi connectivity index (χ3n) is 7.74. The summed E-state index contributed by atoms with van der Waals surface area (Å²) in [5.74, 6) is -0.225. The summed E-state index contributed by atoms with van der Waals surface area (Å²) in [6, 6.07) is 10.1. The Morgan fingerprint density at radius 1 is 1.18 bits per heavy atom. The van der Waals surface area contributed by atoms with E-state index in [0.717, 1.165) is 49.7 Å². The first-order valence-electron chi connectivity index (χ1n) is 13.9. The van der Waals surface area contributed by atoms with Gasteiger partial charge in [-0.2, -0.15) is 5.26 Å². The van der Waals surface area contributed by atoms with Crippen molar-refractivity contribution in [2.75, 3.05) is 32.8 Å². The number of benzene rings is 1. The summed E-state index contributed by atoms with van der Waals surface area (Å²) in [6.45, 7) is 7.11. The average molecular weight is 522 g/mol. The van der Waals surface area contributed by atoms with Gasteiger partial charge >= 0.3 is 5.97 Å². The maximum absolute atomic E-state index is 13.2. The number of likely N-dealkylation sites (tertiary alicyclic amines) is 2. The zero-order valence-corrected chi connectivity index (χ0v) is 22.6. The molecule has 9 heteroatoms. The molecule has 2 amide bonds. The van der Waals surface area contributed by atoms with Crippen molar-refractivity contribution in [2.24, 2.45) is 0 Å². The molecule has 0 aliphatic carbocycles. The smallest absolute Gasteiger partial charge is 0.305 e. The van der Waals surface area contributed by atoms with Crippen LogP contribution in [-0.2, 0) is 32.1 Å². The maximum Gasteiger partial charge on any atom is 0.305 e. The highest BCUT2D eigenvalue weighted by molar-refractivity contribution is 5.89. The zero-order chi connectivity index (χ0) is 27.1. The number of aromatic nitrogens is 1. The van der Waals surface area contributed by atoms with Crippen LogP contribution in [-0.4, -0.2) is 77.0 Å². The van der Waals surface area contributed by atoms with Gasteiger partial charge in [-0.1, -0.05) is 6.07 Å². The van der Waals surface area contributed by atoms with Crippen molar-refractivity contribution in [1.82, 2.24) is 19.7 Å². The summed E-state index contributed by atoms with van der Waals surface area (Å²) in [4.78, 5) is 41.2. The molecule has 2 aliphatic rings. The number of rotatable bonds is 12. The lowest BCUT2D eigenvalue weighted by atomic mass is 10.1. The predicted octanol–water partition coefficient (Wildman–Crippen LogP) is 2.99. The van der Waals surface area contributed by atoms with E-state index in [1.807, 2.05) is 23.1 Å². The van der Waals surface area contributed by atoms with E-state index in [1.54, 1.807) is 11.8 Å². The van der Waals surface area contributed by atoms with Crippen LogP contribution in [0.25, 0.3) is 10.9 Å². The second-order valence-corrected chi connectivity index (χ2v) is 10.2. The lowest BCUT2D eigenvalue weighted by Gasteiger charge is -2.27. The quantitative estimate of drug-likeness (QED) is 0.340. The van der Waals surface area contributed by atoms with Crippen LogP contribution in [0.3, 0.4) is 0 Å². The number of hydrogen-bond donors (Lipinski definition) is 1. The molecular weight excluding hydrogens is 482 g/mol. The average Bonchev–Trinajstić information content (AvgIpc) is 3.62. The van der Waals surface area contributed by atoms with Gasteiger partial charge in [0.15, 0.2) is 0 Å². The highest BCUT2D eigenvalue weighted by Crippen LogP contribution is 2.26. The van der Waals surface area contributed by atoms with Crippen molar-refractivity contribution >= 4 is 28.7 Å². The largest absolute Gasteiger partial charge is 0.466 e. The highest BCUT2D eigenvalue weighted by atomic mass is 16.5. The molecule has 2 fully saturated rings. The van der Waals surface area contributed by atoms with E-state index < -0.39 is 0 Å². The molecule has 2 aromatic rings. The molecule has 0 spiro atoms. The van der Waals surface area contributed by atoms with Gasteiger partial charge in [0.25, 0.3) is 0 Å². The Hall–Kier alpha value is -3.38. The minimum atomic E-state index is -0.295. The van der Waals surface area contributed by atoms with E-state index in [4.69, 9.17) is 4.74 Å². The number of carbonyl (C=O) groups excluding carboxylic acids is 3. The molecule has 2 atom stereocenters. The van der Waals surface area contributed by atoms with Gasteiger partial charge in [-0.3, -0.25) is 14.4 Å². The molecule has 4 rings (SSSR count). The van der Waals surface area contributed by atoms with Gasteiger partial charge in [0.2, 0.25) is 11.8 Å². The van der Waals surface area contributed by atoms with Gasteiger partial charge < -0.3 is 24.4 Å². The lowest BCUT2D eigenvalue weighted by Crippen LogP contribution is -2.45. The molecular formula is C29H39N5O4. The van der Waals surface area contributed by atoms with Crippen LogP contribution in [0.15, 0.2) is 24.3 Å². The normalized spacial score (nSPS) is 19.3. The molecule has 9 nitrogen and oxygen atoms in total. The van der Waals surface area contributed by atoms with Crippen molar-refractivity contribution in [3.63, 3.8) is 0 Å². The number of ether oxygens (including phenoxy) is 1. The van der Waals surface area contributed by atoms with Gasteiger partial charge in [0, 0.05) is 43.3 Å². The first kappa shape index (κ1) is 27.6. The minimum Gasteiger partial charge on any atom is -0.466 e. The van der Waals surface area contributed by atoms with Gasteiger partial charge in [-0.05, 0) is 82.5 Å². The minimum absolute atomic E-state index is 0.0264. The molecule has 38 heavy (non-hydrogen) atoms. The maximum atomic E-state index is 13.2. The summed E-state index contributed by atoms with van der Waals surface area (Å²) in [5.41, 5.74) is 2.97. The van der Waals surface area contributed by atoms with Crippen molar-refractivity contribution in [3.8, 4) is 6.07 Å². The number of fused-ring (bicyclic) bond motifs is 1.